The monoisotopic (exact) mass is 269 g/mol. The lowest BCUT2D eigenvalue weighted by molar-refractivity contribution is 0.337. The number of rotatable bonds is 5. The molecule has 20 heavy (non-hydrogen) atoms. The molecule has 104 valence electrons. The van der Waals surface area contributed by atoms with Crippen molar-refractivity contribution in [3.8, 4) is 11.3 Å². The van der Waals surface area contributed by atoms with Crippen LogP contribution >= 0.6 is 0 Å². The van der Waals surface area contributed by atoms with Crippen LogP contribution in [0.25, 0.3) is 11.3 Å². The summed E-state index contributed by atoms with van der Waals surface area (Å²) in [4.78, 5) is 6.49. The first-order chi connectivity index (χ1) is 9.78. The van der Waals surface area contributed by atoms with Gasteiger partial charge < -0.3 is 10.6 Å². The van der Waals surface area contributed by atoms with E-state index in [-0.39, 0.29) is 0 Å². The highest BCUT2D eigenvalue weighted by Gasteiger charge is 2.13. The van der Waals surface area contributed by atoms with Crippen LogP contribution in [0.2, 0.25) is 0 Å². The molecule has 2 aromatic rings. The van der Waals surface area contributed by atoms with Crippen LogP contribution in [-0.2, 0) is 13.1 Å². The first kappa shape index (κ1) is 13.0. The number of benzene rings is 1. The van der Waals surface area contributed by atoms with Gasteiger partial charge in [0.1, 0.15) is 0 Å². The Morgan fingerprint density at radius 2 is 2.30 bits per heavy atom. The second-order valence-corrected chi connectivity index (χ2v) is 5.18. The molecule has 0 saturated carbocycles. The molecule has 1 aliphatic heterocycles. The van der Waals surface area contributed by atoms with Crippen molar-refractivity contribution in [1.29, 1.82) is 0 Å². The van der Waals surface area contributed by atoms with Crippen molar-refractivity contribution in [3.05, 3.63) is 41.1 Å². The Morgan fingerprint density at radius 3 is 3.15 bits per heavy atom. The molecule has 1 aliphatic rings. The van der Waals surface area contributed by atoms with Gasteiger partial charge in [0.15, 0.2) is 0 Å². The van der Waals surface area contributed by atoms with Gasteiger partial charge in [-0.15, -0.1) is 0 Å². The van der Waals surface area contributed by atoms with Crippen LogP contribution in [0.15, 0.2) is 29.4 Å². The standard InChI is InChI=1S/C15H19N5/c1-20(5-4-16)10-14-9-18-19-15(14)11-2-3-12-7-17-8-13(12)6-11/h2-3,6,8-9H,4-5,7,10,16H2,1H3,(H,18,19). The summed E-state index contributed by atoms with van der Waals surface area (Å²) < 4.78 is 0. The highest BCUT2D eigenvalue weighted by molar-refractivity contribution is 5.86. The third kappa shape index (κ3) is 2.50. The van der Waals surface area contributed by atoms with Gasteiger partial charge in [-0.3, -0.25) is 10.1 Å². The predicted molar refractivity (Wildman–Crippen MR) is 80.7 cm³/mol. The van der Waals surface area contributed by atoms with Gasteiger partial charge in [0.25, 0.3) is 0 Å². The van der Waals surface area contributed by atoms with Crippen molar-refractivity contribution in [2.24, 2.45) is 10.7 Å². The van der Waals surface area contributed by atoms with Crippen molar-refractivity contribution in [2.75, 3.05) is 20.1 Å². The minimum absolute atomic E-state index is 0.666. The normalized spacial score (nSPS) is 13.2. The molecule has 3 rings (SSSR count). The first-order valence-corrected chi connectivity index (χ1v) is 6.82. The zero-order valence-electron chi connectivity index (χ0n) is 11.6. The number of aliphatic imine (C=N–C) groups is 1. The maximum absolute atomic E-state index is 5.59. The molecule has 3 N–H and O–H groups in total. The third-order valence-electron chi connectivity index (χ3n) is 3.60. The number of nitrogens with one attached hydrogen (secondary N) is 1. The number of H-pyrrole nitrogens is 1. The summed E-state index contributed by atoms with van der Waals surface area (Å²) in [6.07, 6.45) is 3.83. The highest BCUT2D eigenvalue weighted by Crippen LogP contribution is 2.26. The second kappa shape index (κ2) is 5.56. The summed E-state index contributed by atoms with van der Waals surface area (Å²) in [5.41, 5.74) is 11.5. The van der Waals surface area contributed by atoms with Gasteiger partial charge in [-0.1, -0.05) is 12.1 Å². The molecule has 5 heteroatoms. The van der Waals surface area contributed by atoms with E-state index in [2.05, 4.69) is 45.3 Å². The molecule has 1 aromatic heterocycles. The maximum Gasteiger partial charge on any atom is 0.0695 e. The summed E-state index contributed by atoms with van der Waals surface area (Å²) in [5, 5.41) is 7.30. The van der Waals surface area contributed by atoms with E-state index < -0.39 is 0 Å². The number of hydrogen-bond donors (Lipinski definition) is 2. The molecule has 0 aliphatic carbocycles. The van der Waals surface area contributed by atoms with Crippen molar-refractivity contribution in [1.82, 2.24) is 15.1 Å². The molecule has 0 amide bonds. The van der Waals surface area contributed by atoms with Crippen LogP contribution < -0.4 is 5.73 Å². The summed E-state index contributed by atoms with van der Waals surface area (Å²) >= 11 is 0. The summed E-state index contributed by atoms with van der Waals surface area (Å²) in [5.74, 6) is 0. The van der Waals surface area contributed by atoms with E-state index in [0.717, 1.165) is 30.9 Å². The van der Waals surface area contributed by atoms with E-state index >= 15 is 0 Å². The van der Waals surface area contributed by atoms with Gasteiger partial charge in [-0.25, -0.2) is 0 Å². The smallest absolute Gasteiger partial charge is 0.0695 e. The van der Waals surface area contributed by atoms with Gasteiger partial charge in [-0.05, 0) is 24.2 Å². The molecule has 0 atom stereocenters. The molecule has 5 nitrogen and oxygen atoms in total. The molecule has 0 radical (unpaired) electrons. The summed E-state index contributed by atoms with van der Waals surface area (Å²) in [6, 6.07) is 6.45. The average Bonchev–Trinajstić information content (AvgIpc) is 3.06. The molecule has 2 heterocycles. The van der Waals surface area contributed by atoms with Crippen LogP contribution in [0.5, 0.6) is 0 Å². The topological polar surface area (TPSA) is 70.3 Å². The SMILES string of the molecule is CN(CCN)Cc1cn[nH]c1-c1ccc2c(c1)C=NC2. The van der Waals surface area contributed by atoms with Crippen LogP contribution in [0.3, 0.4) is 0 Å². The van der Waals surface area contributed by atoms with Crippen LogP contribution in [0.1, 0.15) is 16.7 Å². The lowest BCUT2D eigenvalue weighted by Gasteiger charge is -2.15. The van der Waals surface area contributed by atoms with E-state index in [1.165, 1.54) is 16.7 Å². The number of likely N-dealkylation sites (N-methyl/N-ethyl adjacent to an activating group) is 1. The lowest BCUT2D eigenvalue weighted by atomic mass is 10.0. The van der Waals surface area contributed by atoms with E-state index in [9.17, 15) is 0 Å². The second-order valence-electron chi connectivity index (χ2n) is 5.18. The van der Waals surface area contributed by atoms with Crippen molar-refractivity contribution in [2.45, 2.75) is 13.1 Å². The number of nitrogens with two attached hydrogens (primary N) is 1. The highest BCUT2D eigenvalue weighted by atomic mass is 15.1. The van der Waals surface area contributed by atoms with Crippen LogP contribution in [0.4, 0.5) is 0 Å². The van der Waals surface area contributed by atoms with Crippen LogP contribution in [-0.4, -0.2) is 41.4 Å². The maximum atomic E-state index is 5.59. The first-order valence-electron chi connectivity index (χ1n) is 6.82. The van der Waals surface area contributed by atoms with Crippen molar-refractivity contribution < 1.29 is 0 Å². The van der Waals surface area contributed by atoms with Crippen molar-refractivity contribution in [3.63, 3.8) is 0 Å². The third-order valence-corrected chi connectivity index (χ3v) is 3.60. The quantitative estimate of drug-likeness (QED) is 0.862. The number of aromatic amines is 1. The van der Waals surface area contributed by atoms with Gasteiger partial charge in [-0.2, -0.15) is 5.10 Å². The molecule has 0 spiro atoms. The Bertz CT molecular complexity index is 629. The van der Waals surface area contributed by atoms with E-state index in [0.29, 0.717) is 6.54 Å². The molecular formula is C15H19N5. The minimum Gasteiger partial charge on any atom is -0.329 e. The fourth-order valence-electron chi connectivity index (χ4n) is 2.53. The predicted octanol–water partition coefficient (Wildman–Crippen LogP) is 1.40. The van der Waals surface area contributed by atoms with Crippen LogP contribution in [0, 0.1) is 0 Å². The molecule has 0 fully saturated rings. The molecular weight excluding hydrogens is 250 g/mol. The van der Waals surface area contributed by atoms with E-state index in [1.54, 1.807) is 0 Å². The number of hydrogen-bond acceptors (Lipinski definition) is 4. The lowest BCUT2D eigenvalue weighted by Crippen LogP contribution is -2.25. The summed E-state index contributed by atoms with van der Waals surface area (Å²) in [6.45, 7) is 3.18. The average molecular weight is 269 g/mol. The largest absolute Gasteiger partial charge is 0.329 e. The Kier molecular flexibility index (Phi) is 3.62. The van der Waals surface area contributed by atoms with Gasteiger partial charge >= 0.3 is 0 Å². The Balaban J connectivity index is 1.87. The molecule has 1 aromatic carbocycles. The van der Waals surface area contributed by atoms with E-state index in [4.69, 9.17) is 5.73 Å². The molecule has 0 bridgehead atoms. The molecule has 0 unspecified atom stereocenters. The number of nitrogens with zero attached hydrogens (tertiary/aromatic N) is 3. The number of aromatic nitrogens is 2. The summed E-state index contributed by atoms with van der Waals surface area (Å²) in [7, 11) is 2.07. The Morgan fingerprint density at radius 1 is 1.40 bits per heavy atom. The fourth-order valence-corrected chi connectivity index (χ4v) is 2.53. The minimum atomic E-state index is 0.666. The molecule has 0 saturated heterocycles. The van der Waals surface area contributed by atoms with Gasteiger partial charge in [0, 0.05) is 37.0 Å². The van der Waals surface area contributed by atoms with Gasteiger partial charge in [0.2, 0.25) is 0 Å². The fraction of sp³-hybridized carbons (Fsp3) is 0.333. The Hall–Kier alpha value is -1.98. The van der Waals surface area contributed by atoms with E-state index in [1.807, 2.05) is 12.4 Å². The van der Waals surface area contributed by atoms with Crippen molar-refractivity contribution >= 4 is 6.21 Å². The number of fused-ring (bicyclic) bond motifs is 1. The zero-order valence-corrected chi connectivity index (χ0v) is 11.6. The van der Waals surface area contributed by atoms with Gasteiger partial charge in [0.05, 0.1) is 18.4 Å². The zero-order chi connectivity index (χ0) is 13.9. The Labute approximate surface area is 118 Å².